The Kier molecular flexibility index (Phi) is 11.0. The zero-order valence-electron chi connectivity index (χ0n) is 14.5. The van der Waals surface area contributed by atoms with Crippen molar-refractivity contribution in [2.24, 2.45) is 5.73 Å². The van der Waals surface area contributed by atoms with Crippen LogP contribution in [0.3, 0.4) is 0 Å². The van der Waals surface area contributed by atoms with Gasteiger partial charge < -0.3 is 37.0 Å². The molecule has 8 N–H and O–H groups in total. The molecule has 0 aromatic rings. The van der Waals surface area contributed by atoms with Crippen LogP contribution in [0.2, 0.25) is 0 Å². The Morgan fingerprint density at radius 1 is 1.04 bits per heavy atom. The van der Waals surface area contributed by atoms with Gasteiger partial charge in [-0.15, -0.1) is 0 Å². The number of thiol groups is 1. The molecule has 0 fully saturated rings. The van der Waals surface area contributed by atoms with Crippen molar-refractivity contribution in [3.05, 3.63) is 0 Å². The molecule has 13 heteroatoms. The van der Waals surface area contributed by atoms with Crippen LogP contribution in [-0.4, -0.2) is 81.5 Å². The number of amides is 3. The number of carbonyl (C=O) groups is 5. The van der Waals surface area contributed by atoms with Crippen molar-refractivity contribution in [1.29, 1.82) is 0 Å². The van der Waals surface area contributed by atoms with Gasteiger partial charge in [-0.1, -0.05) is 0 Å². The average molecular weight is 408 g/mol. The summed E-state index contributed by atoms with van der Waals surface area (Å²) in [5, 5.41) is 33.3. The molecule has 0 aromatic carbocycles. The smallest absolute Gasteiger partial charge is 0.326 e. The van der Waals surface area contributed by atoms with Crippen molar-refractivity contribution in [3.8, 4) is 0 Å². The highest BCUT2D eigenvalue weighted by Crippen LogP contribution is 2.00. The number of carboxylic acid groups (broad SMARTS) is 2. The van der Waals surface area contributed by atoms with E-state index in [2.05, 4.69) is 28.6 Å². The van der Waals surface area contributed by atoms with Crippen LogP contribution in [-0.2, 0) is 24.0 Å². The van der Waals surface area contributed by atoms with E-state index in [0.29, 0.717) is 0 Å². The lowest BCUT2D eigenvalue weighted by molar-refractivity contribution is -0.143. The van der Waals surface area contributed by atoms with Crippen molar-refractivity contribution in [3.63, 3.8) is 0 Å². The van der Waals surface area contributed by atoms with Gasteiger partial charge in [0, 0.05) is 12.2 Å². The van der Waals surface area contributed by atoms with Gasteiger partial charge >= 0.3 is 11.9 Å². The first kappa shape index (κ1) is 24.6. The highest BCUT2D eigenvalue weighted by Gasteiger charge is 2.26. The van der Waals surface area contributed by atoms with Crippen molar-refractivity contribution < 1.29 is 39.3 Å². The topological polar surface area (TPSA) is 208 Å². The minimum Gasteiger partial charge on any atom is -0.481 e. The van der Waals surface area contributed by atoms with Gasteiger partial charge in [-0.05, 0) is 13.3 Å². The molecule has 0 aromatic heterocycles. The summed E-state index contributed by atoms with van der Waals surface area (Å²) in [7, 11) is 0. The second-order valence-electron chi connectivity index (χ2n) is 5.62. The Labute approximate surface area is 160 Å². The van der Waals surface area contributed by atoms with Gasteiger partial charge in [0.25, 0.3) is 0 Å². The van der Waals surface area contributed by atoms with Gasteiger partial charge in [0.1, 0.15) is 18.1 Å². The lowest BCUT2D eigenvalue weighted by atomic mass is 10.1. The molecular weight excluding hydrogens is 384 g/mol. The Hall–Kier alpha value is -2.38. The molecule has 0 aliphatic rings. The molecule has 27 heavy (non-hydrogen) atoms. The Bertz CT molecular complexity index is 571. The van der Waals surface area contributed by atoms with E-state index in [1.807, 2.05) is 0 Å². The van der Waals surface area contributed by atoms with E-state index >= 15 is 0 Å². The van der Waals surface area contributed by atoms with Gasteiger partial charge in [-0.25, -0.2) is 4.79 Å². The van der Waals surface area contributed by atoms with Crippen molar-refractivity contribution in [2.45, 2.75) is 44.0 Å². The third-order valence-corrected chi connectivity index (χ3v) is 3.71. The Balaban J connectivity index is 4.65. The van der Waals surface area contributed by atoms with Crippen LogP contribution >= 0.6 is 12.6 Å². The minimum absolute atomic E-state index is 0.177. The fraction of sp³-hybridized carbons (Fsp3) is 0.643. The molecule has 0 radical (unpaired) electrons. The second kappa shape index (κ2) is 12.1. The van der Waals surface area contributed by atoms with Gasteiger partial charge in [0.2, 0.25) is 17.7 Å². The van der Waals surface area contributed by atoms with E-state index in [1.54, 1.807) is 0 Å². The molecule has 0 rings (SSSR count). The van der Waals surface area contributed by atoms with Crippen LogP contribution in [0.1, 0.15) is 19.8 Å². The van der Waals surface area contributed by atoms with E-state index in [9.17, 15) is 29.1 Å². The molecule has 0 bridgehead atoms. The molecule has 0 saturated heterocycles. The monoisotopic (exact) mass is 408 g/mol. The number of aliphatic hydroxyl groups is 1. The van der Waals surface area contributed by atoms with E-state index in [4.69, 9.17) is 15.9 Å². The molecule has 0 heterocycles. The predicted molar refractivity (Wildman–Crippen MR) is 94.9 cm³/mol. The van der Waals surface area contributed by atoms with Crippen molar-refractivity contribution >= 4 is 42.3 Å². The number of hydrogen-bond acceptors (Lipinski definition) is 8. The number of carboxylic acids is 2. The summed E-state index contributed by atoms with van der Waals surface area (Å²) < 4.78 is 0. The van der Waals surface area contributed by atoms with Gasteiger partial charge in [-0.3, -0.25) is 19.2 Å². The number of rotatable bonds is 12. The summed E-state index contributed by atoms with van der Waals surface area (Å²) >= 11 is 3.90. The Morgan fingerprint density at radius 3 is 2.07 bits per heavy atom. The third kappa shape index (κ3) is 9.77. The van der Waals surface area contributed by atoms with Crippen LogP contribution in [0.4, 0.5) is 0 Å². The molecule has 154 valence electrons. The van der Waals surface area contributed by atoms with E-state index in [1.165, 1.54) is 6.92 Å². The summed E-state index contributed by atoms with van der Waals surface area (Å²) in [4.78, 5) is 57.0. The van der Waals surface area contributed by atoms with E-state index < -0.39 is 66.9 Å². The van der Waals surface area contributed by atoms with Crippen LogP contribution in [0.15, 0.2) is 0 Å². The number of aliphatic carboxylic acids is 2. The maximum Gasteiger partial charge on any atom is 0.326 e. The fourth-order valence-electron chi connectivity index (χ4n) is 1.74. The largest absolute Gasteiger partial charge is 0.481 e. The van der Waals surface area contributed by atoms with Crippen molar-refractivity contribution in [1.82, 2.24) is 16.0 Å². The van der Waals surface area contributed by atoms with Gasteiger partial charge in [-0.2, -0.15) is 12.6 Å². The number of nitrogens with two attached hydrogens (primary N) is 1. The summed E-state index contributed by atoms with van der Waals surface area (Å²) in [5.74, 6) is -5.24. The van der Waals surface area contributed by atoms with Gasteiger partial charge in [0.05, 0.1) is 12.6 Å². The first-order chi connectivity index (χ1) is 12.5. The standard InChI is InChI=1S/C14H24N4O8S/c1-6(19)11(15)13(24)16-4-9(20)17-8(5-27)12(23)18-7(14(25)26)2-3-10(21)22/h6-8,11,19,27H,2-5,15H2,1H3,(H,16,24)(H,17,20)(H,18,23)(H,21,22)(H,25,26). The predicted octanol–water partition coefficient (Wildman–Crippen LogP) is -3.34. The first-order valence-electron chi connectivity index (χ1n) is 7.86. The van der Waals surface area contributed by atoms with Gasteiger partial charge in [0.15, 0.2) is 0 Å². The number of nitrogens with one attached hydrogen (secondary N) is 3. The van der Waals surface area contributed by atoms with E-state index in [-0.39, 0.29) is 12.2 Å². The van der Waals surface area contributed by atoms with E-state index in [0.717, 1.165) is 0 Å². The molecule has 4 atom stereocenters. The molecule has 0 aliphatic carbocycles. The van der Waals surface area contributed by atoms with Crippen LogP contribution in [0.25, 0.3) is 0 Å². The summed E-state index contributed by atoms with van der Waals surface area (Å²) in [6.07, 6.45) is -1.93. The lowest BCUT2D eigenvalue weighted by Crippen LogP contribution is -2.55. The quantitative estimate of drug-likeness (QED) is 0.152. The summed E-state index contributed by atoms with van der Waals surface area (Å²) in [5.41, 5.74) is 5.39. The molecule has 0 aliphatic heterocycles. The average Bonchev–Trinajstić information content (AvgIpc) is 2.59. The maximum absolute atomic E-state index is 12.1. The SMILES string of the molecule is CC(O)C(N)C(=O)NCC(=O)NC(CS)C(=O)NC(CCC(=O)O)C(=O)O. The van der Waals surface area contributed by atoms with Crippen molar-refractivity contribution in [2.75, 3.05) is 12.3 Å². The van der Waals surface area contributed by atoms with Crippen LogP contribution < -0.4 is 21.7 Å². The van der Waals surface area contributed by atoms with Crippen LogP contribution in [0, 0.1) is 0 Å². The molecule has 0 spiro atoms. The summed E-state index contributed by atoms with van der Waals surface area (Å²) in [6, 6.07) is -3.89. The second-order valence-corrected chi connectivity index (χ2v) is 5.98. The minimum atomic E-state index is -1.45. The highest BCUT2D eigenvalue weighted by atomic mass is 32.1. The zero-order valence-corrected chi connectivity index (χ0v) is 15.4. The number of aliphatic hydroxyl groups excluding tert-OH is 1. The number of carbonyl (C=O) groups excluding carboxylic acids is 3. The molecule has 0 saturated carbocycles. The number of hydrogen-bond donors (Lipinski definition) is 8. The molecule has 3 amide bonds. The zero-order chi connectivity index (χ0) is 21.1. The summed E-state index contributed by atoms with van der Waals surface area (Å²) in [6.45, 7) is 0.771. The highest BCUT2D eigenvalue weighted by molar-refractivity contribution is 7.80. The fourth-order valence-corrected chi connectivity index (χ4v) is 2.00. The normalized spacial score (nSPS) is 15.0. The molecule has 4 unspecified atom stereocenters. The third-order valence-electron chi connectivity index (χ3n) is 3.34. The molecule has 12 nitrogen and oxygen atoms in total. The maximum atomic E-state index is 12.1. The van der Waals surface area contributed by atoms with Crippen LogP contribution in [0.5, 0.6) is 0 Å². The first-order valence-corrected chi connectivity index (χ1v) is 8.49. The Morgan fingerprint density at radius 2 is 1.63 bits per heavy atom. The lowest BCUT2D eigenvalue weighted by Gasteiger charge is -2.20. The molecular formula is C14H24N4O8S.